The minimum absolute atomic E-state index is 0.0883. The fourth-order valence-corrected chi connectivity index (χ4v) is 2.23. The number of rotatable bonds is 4. The minimum atomic E-state index is -0.551. The molecule has 0 atom stereocenters. The van der Waals surface area contributed by atoms with Crippen LogP contribution in [0.4, 0.5) is 0 Å². The summed E-state index contributed by atoms with van der Waals surface area (Å²) in [4.78, 5) is 23.2. The van der Waals surface area contributed by atoms with Gasteiger partial charge in [-0.15, -0.1) is 0 Å². The summed E-state index contributed by atoms with van der Waals surface area (Å²) < 4.78 is 20.5. The molecule has 0 saturated carbocycles. The van der Waals surface area contributed by atoms with Gasteiger partial charge < -0.3 is 24.1 Å². The molecule has 2 heterocycles. The fourth-order valence-electron chi connectivity index (χ4n) is 2.23. The lowest BCUT2D eigenvalue weighted by Gasteiger charge is -2.17. The molecule has 0 unspecified atom stereocenters. The number of nitrogens with one attached hydrogen (secondary N) is 1. The molecule has 1 aliphatic rings. The Morgan fingerprint density at radius 2 is 2.17 bits per heavy atom. The molecule has 1 N–H and O–H groups in total. The van der Waals surface area contributed by atoms with Crippen LogP contribution in [0.15, 0.2) is 22.7 Å². The maximum Gasteiger partial charge on any atom is 0.325 e. The van der Waals surface area contributed by atoms with Crippen LogP contribution in [-0.4, -0.2) is 37.8 Å². The number of esters is 1. The molecule has 3 rings (SSSR count). The summed E-state index contributed by atoms with van der Waals surface area (Å²) in [6.45, 7) is -0.106. The first-order valence-electron chi connectivity index (χ1n) is 6.78. The van der Waals surface area contributed by atoms with E-state index in [0.29, 0.717) is 28.4 Å². The number of methoxy groups -OCH3 is 2. The summed E-state index contributed by atoms with van der Waals surface area (Å²) in [6, 6.07) is 5.27. The van der Waals surface area contributed by atoms with E-state index in [1.807, 2.05) is 0 Å². The highest BCUT2D eigenvalue weighted by atomic mass is 16.5. The Morgan fingerprint density at radius 3 is 2.91 bits per heavy atom. The van der Waals surface area contributed by atoms with Crippen LogP contribution in [0.5, 0.6) is 11.5 Å². The van der Waals surface area contributed by atoms with E-state index in [-0.39, 0.29) is 18.8 Å². The van der Waals surface area contributed by atoms with Crippen LogP contribution in [0, 0.1) is 0 Å². The van der Waals surface area contributed by atoms with Crippen LogP contribution < -0.4 is 14.8 Å². The van der Waals surface area contributed by atoms with Gasteiger partial charge in [-0.25, -0.2) is 0 Å². The van der Waals surface area contributed by atoms with Gasteiger partial charge in [0, 0.05) is 6.07 Å². The van der Waals surface area contributed by atoms with Gasteiger partial charge in [0.2, 0.25) is 0 Å². The van der Waals surface area contributed by atoms with E-state index in [4.69, 9.17) is 14.0 Å². The molecule has 0 saturated heterocycles. The minimum Gasteiger partial charge on any atom is -0.497 e. The third kappa shape index (κ3) is 2.70. The molecule has 8 heteroatoms. The van der Waals surface area contributed by atoms with Gasteiger partial charge in [0.05, 0.1) is 25.3 Å². The van der Waals surface area contributed by atoms with Crippen LogP contribution in [-0.2, 0) is 16.1 Å². The van der Waals surface area contributed by atoms with Crippen molar-refractivity contribution < 1.29 is 28.3 Å². The second kappa shape index (κ2) is 5.99. The summed E-state index contributed by atoms with van der Waals surface area (Å²) in [5.41, 5.74) is 1.31. The Bertz CT molecular complexity index is 767. The van der Waals surface area contributed by atoms with Gasteiger partial charge in [-0.05, 0) is 12.1 Å². The molecule has 1 aliphatic heterocycles. The van der Waals surface area contributed by atoms with Gasteiger partial charge in [-0.3, -0.25) is 9.59 Å². The first-order valence-corrected chi connectivity index (χ1v) is 6.78. The predicted octanol–water partition coefficient (Wildman–Crippen LogP) is 1.15. The lowest BCUT2D eigenvalue weighted by atomic mass is 10.0. The van der Waals surface area contributed by atoms with Crippen LogP contribution in [0.3, 0.4) is 0 Å². The maximum atomic E-state index is 12.1. The number of amides is 1. The Labute approximate surface area is 131 Å². The van der Waals surface area contributed by atoms with Crippen LogP contribution in [0.25, 0.3) is 11.3 Å². The van der Waals surface area contributed by atoms with E-state index < -0.39 is 11.9 Å². The van der Waals surface area contributed by atoms with Crippen molar-refractivity contribution in [3.8, 4) is 22.8 Å². The van der Waals surface area contributed by atoms with E-state index in [1.54, 1.807) is 25.3 Å². The predicted molar refractivity (Wildman–Crippen MR) is 77.2 cm³/mol. The van der Waals surface area contributed by atoms with Crippen molar-refractivity contribution in [1.29, 1.82) is 0 Å². The van der Waals surface area contributed by atoms with Crippen LogP contribution in [0.1, 0.15) is 16.1 Å². The van der Waals surface area contributed by atoms with Crippen molar-refractivity contribution in [3.05, 3.63) is 29.5 Å². The summed E-state index contributed by atoms with van der Waals surface area (Å²) in [5, 5.41) is 6.21. The van der Waals surface area contributed by atoms with Gasteiger partial charge in [-0.1, -0.05) is 5.16 Å². The molecule has 2 aromatic rings. The van der Waals surface area contributed by atoms with Crippen LogP contribution >= 0.6 is 0 Å². The normalized spacial score (nSPS) is 11.7. The summed E-state index contributed by atoms with van der Waals surface area (Å²) in [5.74, 6) is 0.639. The van der Waals surface area contributed by atoms with Crippen molar-refractivity contribution in [2.24, 2.45) is 0 Å². The molecule has 1 amide bonds. The molecule has 8 nitrogen and oxygen atoms in total. The van der Waals surface area contributed by atoms with Crippen molar-refractivity contribution in [3.63, 3.8) is 0 Å². The number of aromatic nitrogens is 1. The lowest BCUT2D eigenvalue weighted by Crippen LogP contribution is -2.31. The molecule has 23 heavy (non-hydrogen) atoms. The Kier molecular flexibility index (Phi) is 3.88. The average molecular weight is 318 g/mol. The lowest BCUT2D eigenvalue weighted by molar-refractivity contribution is -0.139. The Morgan fingerprint density at radius 1 is 1.35 bits per heavy atom. The van der Waals surface area contributed by atoms with Gasteiger partial charge in [0.1, 0.15) is 24.7 Å². The number of hydrogen-bond acceptors (Lipinski definition) is 7. The van der Waals surface area contributed by atoms with E-state index in [2.05, 4.69) is 15.2 Å². The van der Waals surface area contributed by atoms with Crippen molar-refractivity contribution in [2.45, 2.75) is 6.61 Å². The fraction of sp³-hybridized carbons (Fsp3) is 0.267. The maximum absolute atomic E-state index is 12.1. The number of fused-ring (bicyclic) bond motifs is 3. The third-order valence-corrected chi connectivity index (χ3v) is 3.43. The average Bonchev–Trinajstić information content (AvgIpc) is 3.03. The zero-order valence-corrected chi connectivity index (χ0v) is 12.5. The van der Waals surface area contributed by atoms with Gasteiger partial charge in [0.15, 0.2) is 11.5 Å². The summed E-state index contributed by atoms with van der Waals surface area (Å²) in [7, 11) is 2.81. The van der Waals surface area contributed by atoms with Gasteiger partial charge >= 0.3 is 5.97 Å². The Balaban J connectivity index is 1.87. The van der Waals surface area contributed by atoms with Crippen molar-refractivity contribution >= 4 is 11.9 Å². The van der Waals surface area contributed by atoms with Gasteiger partial charge in [-0.2, -0.15) is 0 Å². The second-order valence-corrected chi connectivity index (χ2v) is 4.75. The monoisotopic (exact) mass is 318 g/mol. The van der Waals surface area contributed by atoms with E-state index in [1.165, 1.54) is 7.11 Å². The van der Waals surface area contributed by atoms with E-state index in [9.17, 15) is 9.59 Å². The molecule has 0 radical (unpaired) electrons. The highest BCUT2D eigenvalue weighted by Gasteiger charge is 2.29. The quantitative estimate of drug-likeness (QED) is 0.844. The zero-order valence-electron chi connectivity index (χ0n) is 12.5. The molecule has 0 fully saturated rings. The molecule has 120 valence electrons. The second-order valence-electron chi connectivity index (χ2n) is 4.75. The highest BCUT2D eigenvalue weighted by Crippen LogP contribution is 2.40. The first-order chi connectivity index (χ1) is 11.1. The van der Waals surface area contributed by atoms with E-state index in [0.717, 1.165) is 0 Å². The highest BCUT2D eigenvalue weighted by molar-refractivity contribution is 5.97. The molecular formula is C15H14N2O6. The molecule has 0 spiro atoms. The standard InChI is InChI=1S/C15H14N2O6/c1-20-8-3-4-9-11(5-8)22-7-10-13(17-23-14(9)10)15(19)16-6-12(18)21-2/h3-5H,6-7H2,1-2H3,(H,16,19). The van der Waals surface area contributed by atoms with E-state index >= 15 is 0 Å². The number of benzene rings is 1. The number of carbonyl (C=O) groups is 2. The molecule has 0 aliphatic carbocycles. The number of hydrogen-bond donors (Lipinski definition) is 1. The molecule has 1 aromatic heterocycles. The largest absolute Gasteiger partial charge is 0.497 e. The Hall–Kier alpha value is -3.03. The topological polar surface area (TPSA) is 99.9 Å². The number of carbonyl (C=O) groups excluding carboxylic acids is 2. The van der Waals surface area contributed by atoms with Crippen molar-refractivity contribution in [1.82, 2.24) is 10.5 Å². The first kappa shape index (κ1) is 14.9. The van der Waals surface area contributed by atoms with Gasteiger partial charge in [0.25, 0.3) is 5.91 Å². The molecular weight excluding hydrogens is 304 g/mol. The van der Waals surface area contributed by atoms with Crippen molar-refractivity contribution in [2.75, 3.05) is 20.8 Å². The molecule has 0 bridgehead atoms. The summed E-state index contributed by atoms with van der Waals surface area (Å²) >= 11 is 0. The number of nitrogens with zero attached hydrogens (tertiary/aromatic N) is 1. The smallest absolute Gasteiger partial charge is 0.325 e. The van der Waals surface area contributed by atoms with Crippen LogP contribution in [0.2, 0.25) is 0 Å². The zero-order chi connectivity index (χ0) is 16.4. The molecule has 1 aromatic carbocycles. The summed E-state index contributed by atoms with van der Waals surface area (Å²) in [6.07, 6.45) is 0. The third-order valence-electron chi connectivity index (χ3n) is 3.43. The SMILES string of the molecule is COC(=O)CNC(=O)c1noc2c1COc1cc(OC)ccc1-2. The number of ether oxygens (including phenoxy) is 3.